The van der Waals surface area contributed by atoms with Crippen molar-refractivity contribution in [2.75, 3.05) is 31.0 Å². The van der Waals surface area contributed by atoms with Crippen molar-refractivity contribution < 1.29 is 13.5 Å². The van der Waals surface area contributed by atoms with Crippen LogP contribution in [0.3, 0.4) is 0 Å². The number of anilines is 1. The monoisotopic (exact) mass is 271 g/mol. The average molecular weight is 271 g/mol. The first-order chi connectivity index (χ1) is 8.74. The predicted molar refractivity (Wildman–Crippen MR) is 65.7 cm³/mol. The van der Waals surface area contributed by atoms with Gasteiger partial charge in [0.1, 0.15) is 6.61 Å². The molecule has 0 bridgehead atoms. The fourth-order valence-corrected chi connectivity index (χ4v) is 2.11. The van der Waals surface area contributed by atoms with Gasteiger partial charge in [-0.05, 0) is 25.9 Å². The lowest BCUT2D eigenvalue weighted by atomic mass is 10.4. The molecule has 2 rings (SSSR count). The van der Waals surface area contributed by atoms with E-state index in [1.54, 1.807) is 0 Å². The quantitative estimate of drug-likeness (QED) is 0.741. The summed E-state index contributed by atoms with van der Waals surface area (Å²) < 4.78 is 28.3. The molecule has 1 unspecified atom stereocenters. The molecule has 8 heteroatoms. The second-order valence-corrected chi connectivity index (χ2v) is 4.66. The number of hydrogen-bond donors (Lipinski definition) is 1. The van der Waals surface area contributed by atoms with Crippen LogP contribution in [0.5, 0.6) is 6.01 Å². The van der Waals surface area contributed by atoms with E-state index in [9.17, 15) is 8.76 Å². The van der Waals surface area contributed by atoms with Crippen LogP contribution in [0.1, 0.15) is 12.8 Å². The molecule has 1 N–H and O–H groups in total. The minimum absolute atomic E-state index is 0.261. The Morgan fingerprint density at radius 3 is 2.67 bits per heavy atom. The highest BCUT2D eigenvalue weighted by Crippen LogP contribution is 2.09. The number of likely N-dealkylation sites (tertiary alicyclic amines) is 1. The van der Waals surface area contributed by atoms with Crippen LogP contribution in [0.4, 0.5) is 5.69 Å². The Labute approximate surface area is 108 Å². The number of nitrogens with one attached hydrogen (secondary N) is 1. The van der Waals surface area contributed by atoms with Gasteiger partial charge in [0.25, 0.3) is 0 Å². The van der Waals surface area contributed by atoms with Crippen molar-refractivity contribution in [2.24, 2.45) is 0 Å². The van der Waals surface area contributed by atoms with Gasteiger partial charge < -0.3 is 14.0 Å². The van der Waals surface area contributed by atoms with Crippen molar-refractivity contribution in [2.45, 2.75) is 12.8 Å². The molecule has 1 saturated heterocycles. The molecule has 1 aliphatic heterocycles. The van der Waals surface area contributed by atoms with Crippen LogP contribution in [0, 0.1) is 0 Å². The molecule has 2 heterocycles. The Balaban J connectivity index is 1.73. The van der Waals surface area contributed by atoms with E-state index in [1.165, 1.54) is 25.2 Å². The lowest BCUT2D eigenvalue weighted by Crippen LogP contribution is -2.25. The number of ether oxygens (including phenoxy) is 1. The number of aromatic nitrogens is 2. The third-order valence-corrected chi connectivity index (χ3v) is 3.07. The minimum atomic E-state index is -2.36. The summed E-state index contributed by atoms with van der Waals surface area (Å²) in [5.41, 5.74) is 0.315. The van der Waals surface area contributed by atoms with Crippen molar-refractivity contribution in [3.8, 4) is 6.01 Å². The van der Waals surface area contributed by atoms with Crippen LogP contribution >= 0.6 is 0 Å². The largest absolute Gasteiger partial charge is 0.755 e. The van der Waals surface area contributed by atoms with E-state index in [0.717, 1.165) is 19.6 Å². The molecule has 0 saturated carbocycles. The molecular formula is C10H15N4O3S-. The fraction of sp³-hybridized carbons (Fsp3) is 0.600. The zero-order valence-corrected chi connectivity index (χ0v) is 10.7. The van der Waals surface area contributed by atoms with E-state index in [2.05, 4.69) is 19.6 Å². The van der Waals surface area contributed by atoms with Gasteiger partial charge in [0.2, 0.25) is 0 Å². The number of nitrogens with zero attached hydrogens (tertiary/aromatic N) is 3. The van der Waals surface area contributed by atoms with Crippen LogP contribution in [-0.2, 0) is 11.3 Å². The Morgan fingerprint density at radius 2 is 2.06 bits per heavy atom. The third-order valence-electron chi connectivity index (χ3n) is 2.67. The molecule has 7 nitrogen and oxygen atoms in total. The van der Waals surface area contributed by atoms with Crippen LogP contribution < -0.4 is 9.46 Å². The lowest BCUT2D eigenvalue weighted by molar-refractivity contribution is 0.225. The van der Waals surface area contributed by atoms with E-state index in [-0.39, 0.29) is 6.01 Å². The summed E-state index contributed by atoms with van der Waals surface area (Å²) in [4.78, 5) is 10.1. The van der Waals surface area contributed by atoms with E-state index in [0.29, 0.717) is 12.3 Å². The lowest BCUT2D eigenvalue weighted by Gasteiger charge is -2.14. The average Bonchev–Trinajstić information content (AvgIpc) is 2.84. The van der Waals surface area contributed by atoms with Gasteiger partial charge in [0.05, 0.1) is 18.1 Å². The smallest absolute Gasteiger partial charge is 0.316 e. The highest BCUT2D eigenvalue weighted by atomic mass is 32.2. The molecule has 0 aliphatic carbocycles. The van der Waals surface area contributed by atoms with Crippen molar-refractivity contribution >= 4 is 17.0 Å². The Morgan fingerprint density at radius 1 is 1.39 bits per heavy atom. The van der Waals surface area contributed by atoms with Gasteiger partial charge in [-0.15, -0.1) is 0 Å². The molecule has 1 fully saturated rings. The number of hydrogen-bond acceptors (Lipinski definition) is 6. The first kappa shape index (κ1) is 13.2. The molecule has 0 aromatic carbocycles. The van der Waals surface area contributed by atoms with Gasteiger partial charge in [0.15, 0.2) is 0 Å². The molecule has 0 spiro atoms. The van der Waals surface area contributed by atoms with Crippen LogP contribution in [0.25, 0.3) is 0 Å². The van der Waals surface area contributed by atoms with E-state index < -0.39 is 11.3 Å². The Kier molecular flexibility index (Phi) is 4.85. The van der Waals surface area contributed by atoms with Gasteiger partial charge in [0, 0.05) is 17.8 Å². The first-order valence-corrected chi connectivity index (χ1v) is 6.84. The van der Waals surface area contributed by atoms with Crippen molar-refractivity contribution in [1.29, 1.82) is 0 Å². The summed E-state index contributed by atoms with van der Waals surface area (Å²) in [7, 11) is 0. The van der Waals surface area contributed by atoms with Crippen molar-refractivity contribution in [1.82, 2.24) is 14.9 Å². The molecule has 1 aliphatic rings. The molecule has 0 amide bonds. The maximum absolute atomic E-state index is 10.4. The number of rotatable bonds is 6. The SMILES string of the molecule is O=S([O-])Nc1cnc(OCCN2CCCC2)nc1. The van der Waals surface area contributed by atoms with Gasteiger partial charge in [-0.3, -0.25) is 9.11 Å². The van der Waals surface area contributed by atoms with E-state index in [1.807, 2.05) is 0 Å². The van der Waals surface area contributed by atoms with Gasteiger partial charge in [-0.2, -0.15) is 0 Å². The first-order valence-electron chi connectivity index (χ1n) is 5.77. The topological polar surface area (TPSA) is 90.4 Å². The standard InChI is InChI=1S/C10H16N4O3S/c15-18(16)13-9-7-11-10(12-8-9)17-6-5-14-3-1-2-4-14/h7-8,13H,1-6H2,(H,15,16)/p-1. The molecule has 1 atom stereocenters. The molecule has 18 heavy (non-hydrogen) atoms. The highest BCUT2D eigenvalue weighted by molar-refractivity contribution is 7.80. The highest BCUT2D eigenvalue weighted by Gasteiger charge is 2.10. The summed E-state index contributed by atoms with van der Waals surface area (Å²) in [5, 5.41) is 0. The van der Waals surface area contributed by atoms with E-state index in [4.69, 9.17) is 4.74 Å². The van der Waals surface area contributed by atoms with E-state index >= 15 is 0 Å². The van der Waals surface area contributed by atoms with Gasteiger partial charge >= 0.3 is 6.01 Å². The zero-order chi connectivity index (χ0) is 12.8. The third kappa shape index (κ3) is 4.21. The maximum Gasteiger partial charge on any atom is 0.316 e. The van der Waals surface area contributed by atoms with Crippen LogP contribution in [0.2, 0.25) is 0 Å². The van der Waals surface area contributed by atoms with Crippen molar-refractivity contribution in [3.63, 3.8) is 0 Å². The Hall–Kier alpha value is -1.25. The summed E-state index contributed by atoms with van der Waals surface area (Å²) in [6, 6.07) is 0.261. The summed E-state index contributed by atoms with van der Waals surface area (Å²) in [6.07, 6.45) is 5.24. The predicted octanol–water partition coefficient (Wildman–Crippen LogP) is 0.157. The fourth-order valence-electron chi connectivity index (χ4n) is 1.81. The summed E-state index contributed by atoms with van der Waals surface area (Å²) in [6.45, 7) is 3.67. The van der Waals surface area contributed by atoms with Crippen molar-refractivity contribution in [3.05, 3.63) is 12.4 Å². The normalized spacial score (nSPS) is 17.6. The molecule has 1 aromatic rings. The second kappa shape index (κ2) is 6.62. The van der Waals surface area contributed by atoms with Crippen LogP contribution in [0.15, 0.2) is 12.4 Å². The molecule has 0 radical (unpaired) electrons. The van der Waals surface area contributed by atoms with Gasteiger partial charge in [-0.1, -0.05) is 0 Å². The Bertz CT molecular complexity index is 395. The maximum atomic E-state index is 10.4. The van der Waals surface area contributed by atoms with Crippen LogP contribution in [-0.4, -0.2) is 49.9 Å². The summed E-state index contributed by atoms with van der Waals surface area (Å²) >= 11 is -2.36. The summed E-state index contributed by atoms with van der Waals surface area (Å²) in [5.74, 6) is 0. The molecule has 100 valence electrons. The molecular weight excluding hydrogens is 256 g/mol. The zero-order valence-electron chi connectivity index (χ0n) is 9.87. The van der Waals surface area contributed by atoms with Gasteiger partial charge in [-0.25, -0.2) is 9.97 Å². The second-order valence-electron chi connectivity index (χ2n) is 3.99. The molecule has 1 aromatic heterocycles. The minimum Gasteiger partial charge on any atom is -0.755 e.